The third-order valence-electron chi connectivity index (χ3n) is 2.99. The fraction of sp³-hybridized carbons (Fsp3) is 0.143. The van der Waals surface area contributed by atoms with Crippen LogP contribution in [0, 0.1) is 5.92 Å². The largest absolute Gasteiger partial charge is 0.508 e. The highest BCUT2D eigenvalue weighted by Crippen LogP contribution is 2.38. The van der Waals surface area contributed by atoms with Gasteiger partial charge in [0.05, 0.1) is 11.6 Å². The van der Waals surface area contributed by atoms with Crippen molar-refractivity contribution in [3.63, 3.8) is 0 Å². The minimum atomic E-state index is -4.68. The van der Waals surface area contributed by atoms with Gasteiger partial charge in [-0.25, -0.2) is 4.57 Å². The van der Waals surface area contributed by atoms with E-state index >= 15 is 0 Å². The van der Waals surface area contributed by atoms with Crippen LogP contribution in [0.5, 0.6) is 5.75 Å². The first-order valence-corrected chi connectivity index (χ1v) is 7.86. The third kappa shape index (κ3) is 4.39. The van der Waals surface area contributed by atoms with Crippen molar-refractivity contribution in [3.05, 3.63) is 53.8 Å². The van der Waals surface area contributed by atoms with Crippen LogP contribution >= 0.6 is 7.75 Å². The number of nitrogens with zero attached hydrogens (tertiary/aromatic N) is 1. The van der Waals surface area contributed by atoms with Crippen molar-refractivity contribution >= 4 is 19.2 Å². The summed E-state index contributed by atoms with van der Waals surface area (Å²) in [6, 6.07) is 5.99. The predicted octanol–water partition coefficient (Wildman–Crippen LogP) is 1.67. The molecule has 1 aromatic rings. The molecule has 22 heavy (non-hydrogen) atoms. The number of rotatable bonds is 4. The van der Waals surface area contributed by atoms with E-state index in [1.807, 2.05) is 0 Å². The second kappa shape index (κ2) is 6.27. The smallest absolute Gasteiger partial charge is 0.448 e. The molecule has 1 atom stereocenters. The van der Waals surface area contributed by atoms with Gasteiger partial charge in [0.1, 0.15) is 17.3 Å². The fourth-order valence-corrected chi connectivity index (χ4v) is 2.51. The maximum atomic E-state index is 12.3. The van der Waals surface area contributed by atoms with Crippen LogP contribution < -0.4 is 0 Å². The number of ketones is 1. The van der Waals surface area contributed by atoms with E-state index in [-0.39, 0.29) is 29.4 Å². The van der Waals surface area contributed by atoms with Crippen molar-refractivity contribution in [1.82, 2.24) is 0 Å². The standard InChI is InChI=1S/C14H14NO6P/c16-10-3-1-9(2-4-10)7-14(18)12-8-11(17)5-6-13(12)15-22(19,20)21/h1-6,8,12,16-17H,7H2,(H2,19,20,21). The number of aliphatic hydroxyl groups excluding tert-OH is 1. The number of phenols is 1. The van der Waals surface area contributed by atoms with Gasteiger partial charge in [0.25, 0.3) is 0 Å². The molecule has 0 fully saturated rings. The predicted molar refractivity (Wildman–Crippen MR) is 79.6 cm³/mol. The highest BCUT2D eigenvalue weighted by atomic mass is 31.2. The molecule has 7 nitrogen and oxygen atoms in total. The van der Waals surface area contributed by atoms with E-state index in [1.54, 1.807) is 12.1 Å². The van der Waals surface area contributed by atoms with E-state index in [0.29, 0.717) is 5.56 Å². The van der Waals surface area contributed by atoms with Crippen LogP contribution in [0.25, 0.3) is 0 Å². The monoisotopic (exact) mass is 323 g/mol. The van der Waals surface area contributed by atoms with E-state index in [1.165, 1.54) is 30.4 Å². The quantitative estimate of drug-likeness (QED) is 0.624. The molecule has 1 aliphatic carbocycles. The average Bonchev–Trinajstić information content (AvgIpc) is 2.42. The van der Waals surface area contributed by atoms with E-state index in [4.69, 9.17) is 9.79 Å². The molecule has 8 heteroatoms. The Morgan fingerprint density at radius 3 is 2.36 bits per heavy atom. The van der Waals surface area contributed by atoms with Crippen LogP contribution in [0.3, 0.4) is 0 Å². The minimum absolute atomic E-state index is 0.0251. The van der Waals surface area contributed by atoms with Crippen LogP contribution in [0.1, 0.15) is 5.56 Å². The highest BCUT2D eigenvalue weighted by Gasteiger charge is 2.26. The third-order valence-corrected chi connectivity index (χ3v) is 3.48. The molecule has 0 bridgehead atoms. The van der Waals surface area contributed by atoms with Crippen LogP contribution in [-0.4, -0.2) is 31.5 Å². The summed E-state index contributed by atoms with van der Waals surface area (Å²) in [5.74, 6) is -1.52. The molecule has 0 aromatic heterocycles. The molecule has 1 aromatic carbocycles. The Hall–Kier alpha value is -2.21. The number of Topliss-reactive ketones (excluding diaryl/α,β-unsaturated/α-hetero) is 1. The zero-order valence-corrected chi connectivity index (χ0v) is 12.2. The molecule has 0 aliphatic heterocycles. The van der Waals surface area contributed by atoms with Gasteiger partial charge < -0.3 is 20.0 Å². The van der Waals surface area contributed by atoms with E-state index in [2.05, 4.69) is 4.76 Å². The Kier molecular flexibility index (Phi) is 4.61. The van der Waals surface area contributed by atoms with Gasteiger partial charge in [0, 0.05) is 6.42 Å². The number of hydrogen-bond acceptors (Lipinski definition) is 4. The van der Waals surface area contributed by atoms with Crippen molar-refractivity contribution in [2.24, 2.45) is 10.7 Å². The number of hydrogen-bond donors (Lipinski definition) is 4. The van der Waals surface area contributed by atoms with Gasteiger partial charge in [0.15, 0.2) is 0 Å². The van der Waals surface area contributed by atoms with Gasteiger partial charge in [-0.3, -0.25) is 4.79 Å². The van der Waals surface area contributed by atoms with Crippen molar-refractivity contribution in [3.8, 4) is 5.75 Å². The van der Waals surface area contributed by atoms with Crippen molar-refractivity contribution in [1.29, 1.82) is 0 Å². The lowest BCUT2D eigenvalue weighted by atomic mass is 9.90. The number of allylic oxidation sites excluding steroid dienone is 3. The molecule has 0 amide bonds. The number of benzene rings is 1. The van der Waals surface area contributed by atoms with Gasteiger partial charge >= 0.3 is 7.75 Å². The topological polar surface area (TPSA) is 127 Å². The second-order valence-corrected chi connectivity index (χ2v) is 5.98. The number of phenolic OH excluding ortho intramolecular Hbond substituents is 1. The van der Waals surface area contributed by atoms with Crippen LogP contribution in [-0.2, 0) is 15.8 Å². The lowest BCUT2D eigenvalue weighted by molar-refractivity contribution is -0.119. The molecule has 0 heterocycles. The molecule has 4 N–H and O–H groups in total. The first-order chi connectivity index (χ1) is 10.2. The van der Waals surface area contributed by atoms with Gasteiger partial charge in [0.2, 0.25) is 0 Å². The number of aromatic hydroxyl groups is 1. The average molecular weight is 323 g/mol. The Morgan fingerprint density at radius 2 is 1.77 bits per heavy atom. The highest BCUT2D eigenvalue weighted by molar-refractivity contribution is 7.50. The molecular formula is C14H14NO6P. The summed E-state index contributed by atoms with van der Waals surface area (Å²) in [4.78, 5) is 30.2. The molecule has 2 rings (SSSR count). The normalized spacial score (nSPS) is 20.0. The molecule has 1 aliphatic rings. The number of carbonyl (C=O) groups is 1. The summed E-state index contributed by atoms with van der Waals surface area (Å²) < 4.78 is 14.2. The summed E-state index contributed by atoms with van der Waals surface area (Å²) in [6.45, 7) is 0. The molecule has 0 spiro atoms. The first-order valence-electron chi connectivity index (χ1n) is 6.30. The first kappa shape index (κ1) is 16.2. The van der Waals surface area contributed by atoms with E-state index in [9.17, 15) is 19.6 Å². The molecule has 1 unspecified atom stereocenters. The number of aliphatic hydroxyl groups is 1. The summed E-state index contributed by atoms with van der Waals surface area (Å²) in [6.07, 6.45) is 3.58. The summed E-state index contributed by atoms with van der Waals surface area (Å²) in [5.41, 5.74) is 0.524. The maximum Gasteiger partial charge on any atom is 0.448 e. The molecule has 0 saturated heterocycles. The van der Waals surface area contributed by atoms with Crippen molar-refractivity contribution in [2.75, 3.05) is 0 Å². The van der Waals surface area contributed by atoms with Crippen LogP contribution in [0.2, 0.25) is 0 Å². The molecule has 116 valence electrons. The zero-order valence-electron chi connectivity index (χ0n) is 11.3. The Labute approximate surface area is 126 Å². The second-order valence-electron chi connectivity index (χ2n) is 4.75. The van der Waals surface area contributed by atoms with Gasteiger partial charge in [-0.1, -0.05) is 12.1 Å². The summed E-state index contributed by atoms with van der Waals surface area (Å²) in [7, 11) is -4.68. The number of carbonyl (C=O) groups excluding carboxylic acids is 1. The van der Waals surface area contributed by atoms with E-state index in [0.717, 1.165) is 0 Å². The summed E-state index contributed by atoms with van der Waals surface area (Å²) in [5, 5.41) is 18.7. The zero-order chi connectivity index (χ0) is 16.3. The Bertz CT molecular complexity index is 713. The minimum Gasteiger partial charge on any atom is -0.508 e. The Morgan fingerprint density at radius 1 is 1.14 bits per heavy atom. The lowest BCUT2D eigenvalue weighted by Gasteiger charge is -2.16. The van der Waals surface area contributed by atoms with Gasteiger partial charge in [-0.05, 0) is 35.9 Å². The van der Waals surface area contributed by atoms with Gasteiger partial charge in [-0.15, -0.1) is 0 Å². The van der Waals surface area contributed by atoms with Crippen molar-refractivity contribution in [2.45, 2.75) is 6.42 Å². The fourth-order valence-electron chi connectivity index (χ4n) is 2.01. The van der Waals surface area contributed by atoms with Crippen molar-refractivity contribution < 1.29 is 29.4 Å². The summed E-state index contributed by atoms with van der Waals surface area (Å²) >= 11 is 0. The van der Waals surface area contributed by atoms with Crippen LogP contribution in [0.4, 0.5) is 0 Å². The van der Waals surface area contributed by atoms with Gasteiger partial charge in [-0.2, -0.15) is 4.76 Å². The lowest BCUT2D eigenvalue weighted by Crippen LogP contribution is -2.25. The maximum absolute atomic E-state index is 12.3. The molecule has 0 radical (unpaired) electrons. The Balaban J connectivity index is 2.25. The SMILES string of the molecule is O=C(Cc1ccc(O)cc1)C1C=C(O)C=CC1=NP(=O)(O)O. The van der Waals surface area contributed by atoms with Crippen LogP contribution in [0.15, 0.2) is 53.0 Å². The van der Waals surface area contributed by atoms with E-state index < -0.39 is 13.7 Å². The molecular weight excluding hydrogens is 309 g/mol. The molecule has 0 saturated carbocycles.